The quantitative estimate of drug-likeness (QED) is 0.673. The highest BCUT2D eigenvalue weighted by Crippen LogP contribution is 2.10. The number of hydrogen-bond acceptors (Lipinski definition) is 3. The molecule has 0 bridgehead atoms. The summed E-state index contributed by atoms with van der Waals surface area (Å²) in [5, 5.41) is 22.2. The Morgan fingerprint density at radius 1 is 1.15 bits per heavy atom. The molecule has 1 aliphatic rings. The summed E-state index contributed by atoms with van der Waals surface area (Å²) in [6.07, 6.45) is 0.582. The molecule has 4 N–H and O–H groups in total. The summed E-state index contributed by atoms with van der Waals surface area (Å²) in [6, 6.07) is 9.38. The zero-order valence-corrected chi connectivity index (χ0v) is 11.2. The third-order valence-electron chi connectivity index (χ3n) is 2.97. The number of carbonyl (C=O) groups is 2. The number of carboxylic acid groups (broad SMARTS) is 2. The minimum absolute atomic E-state index is 0.0914. The van der Waals surface area contributed by atoms with Crippen molar-refractivity contribution in [3.63, 3.8) is 0 Å². The van der Waals surface area contributed by atoms with Crippen LogP contribution >= 0.6 is 0 Å². The first-order valence-corrected chi connectivity index (χ1v) is 6.54. The standard InChI is InChI=1S/C8H9NO2.C6H11NO2/c10-8(11)9-6-7-4-2-1-3-5-7;8-6(9)5-1-3-7-4-2-5/h1-5,9H,6H2,(H,10,11);5,7H,1-4H2,(H,8,9). The van der Waals surface area contributed by atoms with Crippen LogP contribution in [0.5, 0.6) is 0 Å². The Hall–Kier alpha value is -2.08. The fourth-order valence-electron chi connectivity index (χ4n) is 1.84. The molecule has 0 aliphatic carbocycles. The van der Waals surface area contributed by atoms with Crippen molar-refractivity contribution >= 4 is 12.1 Å². The van der Waals surface area contributed by atoms with E-state index in [0.29, 0.717) is 6.54 Å². The predicted octanol–water partition coefficient (Wildman–Crippen LogP) is 1.52. The first kappa shape index (κ1) is 16.0. The maximum Gasteiger partial charge on any atom is 0.404 e. The molecule has 20 heavy (non-hydrogen) atoms. The van der Waals surface area contributed by atoms with Crippen LogP contribution in [0, 0.1) is 5.92 Å². The minimum Gasteiger partial charge on any atom is -0.481 e. The number of carboxylic acids is 1. The molecule has 110 valence electrons. The van der Waals surface area contributed by atoms with Crippen LogP contribution in [-0.2, 0) is 11.3 Å². The highest BCUT2D eigenvalue weighted by atomic mass is 16.4. The SMILES string of the molecule is O=C(O)C1CCNCC1.O=C(O)NCc1ccccc1. The summed E-state index contributed by atoms with van der Waals surface area (Å²) >= 11 is 0. The summed E-state index contributed by atoms with van der Waals surface area (Å²) in [5.41, 5.74) is 0.968. The molecule has 6 nitrogen and oxygen atoms in total. The van der Waals surface area contributed by atoms with Crippen molar-refractivity contribution in [2.75, 3.05) is 13.1 Å². The highest BCUT2D eigenvalue weighted by Gasteiger charge is 2.18. The molecule has 0 saturated carbocycles. The van der Waals surface area contributed by atoms with Gasteiger partial charge in [0.15, 0.2) is 0 Å². The van der Waals surface area contributed by atoms with E-state index in [1.807, 2.05) is 30.3 Å². The molecule has 6 heteroatoms. The highest BCUT2D eigenvalue weighted by molar-refractivity contribution is 5.70. The van der Waals surface area contributed by atoms with Gasteiger partial charge in [0.25, 0.3) is 0 Å². The van der Waals surface area contributed by atoms with E-state index in [1.165, 1.54) is 0 Å². The van der Waals surface area contributed by atoms with Crippen molar-refractivity contribution < 1.29 is 19.8 Å². The molecular formula is C14H20N2O4. The van der Waals surface area contributed by atoms with Gasteiger partial charge in [0.2, 0.25) is 0 Å². The molecule has 2 rings (SSSR count). The second-order valence-corrected chi connectivity index (χ2v) is 4.51. The first-order valence-electron chi connectivity index (χ1n) is 6.54. The van der Waals surface area contributed by atoms with Gasteiger partial charge in [-0.05, 0) is 31.5 Å². The number of piperidine rings is 1. The van der Waals surface area contributed by atoms with Crippen LogP contribution in [-0.4, -0.2) is 35.4 Å². The van der Waals surface area contributed by atoms with Gasteiger partial charge >= 0.3 is 12.1 Å². The Balaban J connectivity index is 0.000000204. The number of rotatable bonds is 3. The largest absolute Gasteiger partial charge is 0.481 e. The maximum absolute atomic E-state index is 10.3. The minimum atomic E-state index is -0.992. The monoisotopic (exact) mass is 280 g/mol. The zero-order chi connectivity index (χ0) is 14.8. The van der Waals surface area contributed by atoms with Gasteiger partial charge in [0.1, 0.15) is 0 Å². The van der Waals surface area contributed by atoms with Gasteiger partial charge in [-0.1, -0.05) is 30.3 Å². The Morgan fingerprint density at radius 3 is 2.20 bits per heavy atom. The van der Waals surface area contributed by atoms with Gasteiger partial charge in [0, 0.05) is 6.54 Å². The molecule has 1 aromatic carbocycles. The molecule has 0 aromatic heterocycles. The molecule has 1 saturated heterocycles. The maximum atomic E-state index is 10.3. The van der Waals surface area contributed by atoms with Gasteiger partial charge in [-0.25, -0.2) is 4.79 Å². The number of nitrogens with one attached hydrogen (secondary N) is 2. The van der Waals surface area contributed by atoms with E-state index in [2.05, 4.69) is 10.6 Å². The van der Waals surface area contributed by atoms with E-state index < -0.39 is 12.1 Å². The van der Waals surface area contributed by atoms with Crippen LogP contribution in [0.1, 0.15) is 18.4 Å². The van der Waals surface area contributed by atoms with Gasteiger partial charge in [-0.2, -0.15) is 0 Å². The van der Waals surface area contributed by atoms with E-state index in [-0.39, 0.29) is 5.92 Å². The van der Waals surface area contributed by atoms with Crippen molar-refractivity contribution in [2.24, 2.45) is 5.92 Å². The zero-order valence-electron chi connectivity index (χ0n) is 11.2. The molecule has 1 amide bonds. The van der Waals surface area contributed by atoms with Crippen LogP contribution in [0.4, 0.5) is 4.79 Å². The summed E-state index contributed by atoms with van der Waals surface area (Å²) in [5.74, 6) is -0.734. The van der Waals surface area contributed by atoms with Gasteiger partial charge in [-0.3, -0.25) is 4.79 Å². The normalized spacial score (nSPS) is 14.8. The Morgan fingerprint density at radius 2 is 1.75 bits per heavy atom. The van der Waals surface area contributed by atoms with E-state index in [0.717, 1.165) is 31.5 Å². The van der Waals surface area contributed by atoms with Crippen LogP contribution in [0.3, 0.4) is 0 Å². The number of hydrogen-bond donors (Lipinski definition) is 4. The van der Waals surface area contributed by atoms with E-state index in [1.54, 1.807) is 0 Å². The van der Waals surface area contributed by atoms with Gasteiger partial charge in [-0.15, -0.1) is 0 Å². The van der Waals surface area contributed by atoms with Crippen molar-refractivity contribution in [3.05, 3.63) is 35.9 Å². The molecular weight excluding hydrogens is 260 g/mol. The second-order valence-electron chi connectivity index (χ2n) is 4.51. The number of benzene rings is 1. The molecule has 1 aliphatic heterocycles. The number of amides is 1. The third-order valence-corrected chi connectivity index (χ3v) is 2.97. The Bertz CT molecular complexity index is 416. The third kappa shape index (κ3) is 6.75. The molecule has 0 atom stereocenters. The van der Waals surface area contributed by atoms with E-state index in [4.69, 9.17) is 10.2 Å². The topological polar surface area (TPSA) is 98.7 Å². The van der Waals surface area contributed by atoms with Crippen molar-refractivity contribution in [1.82, 2.24) is 10.6 Å². The fourth-order valence-corrected chi connectivity index (χ4v) is 1.84. The van der Waals surface area contributed by atoms with Crippen LogP contribution in [0.15, 0.2) is 30.3 Å². The molecule has 0 radical (unpaired) electrons. The fraction of sp³-hybridized carbons (Fsp3) is 0.429. The summed E-state index contributed by atoms with van der Waals surface area (Å²) in [6.45, 7) is 2.09. The lowest BCUT2D eigenvalue weighted by molar-refractivity contribution is -0.142. The molecule has 0 unspecified atom stereocenters. The molecule has 1 fully saturated rings. The van der Waals surface area contributed by atoms with Crippen LogP contribution in [0.2, 0.25) is 0 Å². The van der Waals surface area contributed by atoms with Crippen molar-refractivity contribution in [1.29, 1.82) is 0 Å². The van der Waals surface area contributed by atoms with Crippen LogP contribution in [0.25, 0.3) is 0 Å². The van der Waals surface area contributed by atoms with E-state index in [9.17, 15) is 9.59 Å². The first-order chi connectivity index (χ1) is 9.59. The predicted molar refractivity (Wildman–Crippen MR) is 74.5 cm³/mol. The molecule has 0 spiro atoms. The molecule has 1 heterocycles. The van der Waals surface area contributed by atoms with Gasteiger partial charge < -0.3 is 20.8 Å². The average Bonchev–Trinajstić information content (AvgIpc) is 2.48. The second kappa shape index (κ2) is 8.92. The molecule has 1 aromatic rings. The smallest absolute Gasteiger partial charge is 0.404 e. The lowest BCUT2D eigenvalue weighted by Crippen LogP contribution is -2.31. The Labute approximate surface area is 117 Å². The summed E-state index contributed by atoms with van der Waals surface area (Å²) in [4.78, 5) is 20.4. The van der Waals surface area contributed by atoms with Gasteiger partial charge in [0.05, 0.1) is 5.92 Å². The summed E-state index contributed by atoms with van der Waals surface area (Å²) in [7, 11) is 0. The Kier molecular flexibility index (Phi) is 7.13. The van der Waals surface area contributed by atoms with Crippen molar-refractivity contribution in [2.45, 2.75) is 19.4 Å². The van der Waals surface area contributed by atoms with Crippen molar-refractivity contribution in [3.8, 4) is 0 Å². The summed E-state index contributed by atoms with van der Waals surface area (Å²) < 4.78 is 0. The van der Waals surface area contributed by atoms with Crippen LogP contribution < -0.4 is 10.6 Å². The van der Waals surface area contributed by atoms with E-state index >= 15 is 0 Å². The number of aliphatic carboxylic acids is 1. The lowest BCUT2D eigenvalue weighted by atomic mass is 9.99. The average molecular weight is 280 g/mol. The lowest BCUT2D eigenvalue weighted by Gasteiger charge is -2.17.